The van der Waals surface area contributed by atoms with Crippen molar-refractivity contribution in [2.24, 2.45) is 5.41 Å². The Balaban J connectivity index is 1.29. The molecule has 2 aromatic rings. The lowest BCUT2D eigenvalue weighted by Gasteiger charge is -2.55. The number of rotatable bonds is 3. The molecule has 4 aliphatic rings. The first kappa shape index (κ1) is 20.3. The van der Waals surface area contributed by atoms with Crippen LogP contribution in [0, 0.1) is 12.3 Å². The van der Waals surface area contributed by atoms with Crippen molar-refractivity contribution in [1.29, 1.82) is 0 Å². The quantitative estimate of drug-likeness (QED) is 0.592. The molecule has 2 amide bonds. The van der Waals surface area contributed by atoms with Crippen molar-refractivity contribution >= 4 is 23.3 Å². The Morgan fingerprint density at radius 2 is 1.91 bits per heavy atom. The van der Waals surface area contributed by atoms with Gasteiger partial charge in [-0.3, -0.25) is 19.0 Å². The Morgan fingerprint density at radius 1 is 1.15 bits per heavy atom. The van der Waals surface area contributed by atoms with Crippen molar-refractivity contribution in [3.63, 3.8) is 0 Å². The van der Waals surface area contributed by atoms with Gasteiger partial charge in [0.1, 0.15) is 34.9 Å². The normalized spacial score (nSPS) is 21.8. The molecular weight excluding hydrogens is 426 g/mol. The maximum absolute atomic E-state index is 13.5. The molecule has 0 aliphatic carbocycles. The van der Waals surface area contributed by atoms with Crippen LogP contribution in [0.3, 0.4) is 0 Å². The number of nitrogens with zero attached hydrogens (tertiary/aromatic N) is 4. The third-order valence-electron chi connectivity index (χ3n) is 7.19. The molecule has 11 nitrogen and oxygen atoms in total. The number of amides is 2. The highest BCUT2D eigenvalue weighted by Crippen LogP contribution is 2.35. The highest BCUT2D eigenvalue weighted by Gasteiger charge is 2.49. The van der Waals surface area contributed by atoms with E-state index in [0.29, 0.717) is 48.8 Å². The first-order chi connectivity index (χ1) is 15.9. The van der Waals surface area contributed by atoms with Crippen molar-refractivity contribution in [2.45, 2.75) is 25.4 Å². The molecule has 2 aromatic heterocycles. The smallest absolute Gasteiger partial charge is 0.276 e. The van der Waals surface area contributed by atoms with Gasteiger partial charge in [-0.1, -0.05) is 0 Å². The summed E-state index contributed by atoms with van der Waals surface area (Å²) in [6, 6.07) is 3.21. The first-order valence-corrected chi connectivity index (χ1v) is 11.2. The number of anilines is 2. The Hall–Kier alpha value is -3.31. The van der Waals surface area contributed by atoms with Crippen LogP contribution in [-0.4, -0.2) is 70.6 Å². The number of pyridine rings is 1. The number of carbonyl (C=O) groups is 2. The molecule has 2 spiro atoms. The van der Waals surface area contributed by atoms with E-state index in [4.69, 9.17) is 4.74 Å². The molecule has 0 radical (unpaired) electrons. The Kier molecular flexibility index (Phi) is 4.36. The average Bonchev–Trinajstić information content (AvgIpc) is 3.02. The molecule has 0 atom stereocenters. The molecule has 0 bridgehead atoms. The maximum atomic E-state index is 13.5. The minimum atomic E-state index is -0.777. The van der Waals surface area contributed by atoms with E-state index in [1.807, 2.05) is 0 Å². The van der Waals surface area contributed by atoms with E-state index < -0.39 is 5.66 Å². The minimum Gasteiger partial charge on any atom is -0.381 e. The molecule has 3 saturated heterocycles. The van der Waals surface area contributed by atoms with Crippen LogP contribution >= 0.6 is 0 Å². The lowest BCUT2D eigenvalue weighted by Crippen LogP contribution is -2.71. The summed E-state index contributed by atoms with van der Waals surface area (Å²) in [5.74, 6) is -0.0398. The number of fused-ring (bicyclic) bond motifs is 2. The van der Waals surface area contributed by atoms with E-state index in [9.17, 15) is 14.4 Å². The number of aromatic nitrogens is 3. The number of nitrogens with one attached hydrogen (secondary N) is 3. The summed E-state index contributed by atoms with van der Waals surface area (Å²) in [5.41, 5.74) is 0.771. The third-order valence-corrected chi connectivity index (χ3v) is 7.19. The SMILES string of the molecule is Cc1cc(Nc2cc(C(=O)N3CC4(CNC4)C3)ncn2)c(=O)n2c1C(=O)NC21CCOCC1. The summed E-state index contributed by atoms with van der Waals surface area (Å²) in [7, 11) is 0. The van der Waals surface area contributed by atoms with E-state index in [-0.39, 0.29) is 28.5 Å². The van der Waals surface area contributed by atoms with E-state index >= 15 is 0 Å². The predicted molar refractivity (Wildman–Crippen MR) is 117 cm³/mol. The van der Waals surface area contributed by atoms with Gasteiger partial charge in [-0.25, -0.2) is 9.97 Å². The van der Waals surface area contributed by atoms with Crippen LogP contribution in [0.15, 0.2) is 23.3 Å². The van der Waals surface area contributed by atoms with Crippen molar-refractivity contribution in [2.75, 3.05) is 44.7 Å². The van der Waals surface area contributed by atoms with Crippen LogP contribution < -0.4 is 21.5 Å². The first-order valence-electron chi connectivity index (χ1n) is 11.2. The second-order valence-corrected chi connectivity index (χ2v) is 9.51. The van der Waals surface area contributed by atoms with Crippen LogP contribution in [0.5, 0.6) is 0 Å². The zero-order valence-corrected chi connectivity index (χ0v) is 18.3. The zero-order valence-electron chi connectivity index (χ0n) is 18.3. The molecule has 0 unspecified atom stereocenters. The van der Waals surface area contributed by atoms with Gasteiger partial charge in [0.05, 0.1) is 13.2 Å². The number of carbonyl (C=O) groups excluding carboxylic acids is 2. The van der Waals surface area contributed by atoms with Crippen molar-refractivity contribution in [3.8, 4) is 0 Å². The molecule has 6 heterocycles. The van der Waals surface area contributed by atoms with E-state index in [2.05, 4.69) is 25.9 Å². The number of likely N-dealkylation sites (tertiary alicyclic amines) is 1. The molecule has 3 N–H and O–H groups in total. The van der Waals surface area contributed by atoms with E-state index in [0.717, 1.165) is 26.2 Å². The van der Waals surface area contributed by atoms with Gasteiger partial charge < -0.3 is 25.6 Å². The molecule has 11 heteroatoms. The van der Waals surface area contributed by atoms with Gasteiger partial charge in [0.25, 0.3) is 17.4 Å². The Morgan fingerprint density at radius 3 is 2.61 bits per heavy atom. The largest absolute Gasteiger partial charge is 0.381 e. The number of hydrogen-bond acceptors (Lipinski definition) is 8. The van der Waals surface area contributed by atoms with Crippen LogP contribution in [-0.2, 0) is 10.4 Å². The second-order valence-electron chi connectivity index (χ2n) is 9.51. The summed E-state index contributed by atoms with van der Waals surface area (Å²) >= 11 is 0. The summed E-state index contributed by atoms with van der Waals surface area (Å²) in [6.45, 7) is 6.08. The van der Waals surface area contributed by atoms with Gasteiger partial charge in [-0.2, -0.15) is 0 Å². The molecule has 33 heavy (non-hydrogen) atoms. The van der Waals surface area contributed by atoms with Crippen LogP contribution in [0.4, 0.5) is 11.5 Å². The zero-order chi connectivity index (χ0) is 22.8. The predicted octanol–water partition coefficient (Wildman–Crippen LogP) is -0.0577. The van der Waals surface area contributed by atoms with E-state index in [1.165, 1.54) is 6.33 Å². The summed E-state index contributed by atoms with van der Waals surface area (Å²) in [6.07, 6.45) is 2.36. The highest BCUT2D eigenvalue weighted by atomic mass is 16.5. The van der Waals surface area contributed by atoms with Crippen LogP contribution in [0.1, 0.15) is 39.4 Å². The Bertz CT molecular complexity index is 1220. The second kappa shape index (κ2) is 7.09. The fraction of sp³-hybridized carbons (Fsp3) is 0.500. The van der Waals surface area contributed by atoms with Crippen molar-refractivity contribution in [3.05, 3.63) is 45.8 Å². The molecule has 4 aliphatic heterocycles. The lowest BCUT2D eigenvalue weighted by atomic mass is 9.74. The van der Waals surface area contributed by atoms with Gasteiger partial charge >= 0.3 is 0 Å². The lowest BCUT2D eigenvalue weighted by molar-refractivity contribution is -0.0251. The van der Waals surface area contributed by atoms with Gasteiger partial charge in [0.2, 0.25) is 0 Å². The van der Waals surface area contributed by atoms with Crippen molar-refractivity contribution in [1.82, 2.24) is 30.1 Å². The van der Waals surface area contributed by atoms with Gasteiger partial charge in [0, 0.05) is 50.5 Å². The number of ether oxygens (including phenoxy) is 1. The number of hydrogen-bond donors (Lipinski definition) is 3. The topological polar surface area (TPSA) is 130 Å². The monoisotopic (exact) mass is 451 g/mol. The number of aryl methyl sites for hydroxylation is 1. The fourth-order valence-electron chi connectivity index (χ4n) is 5.36. The molecule has 6 rings (SSSR count). The maximum Gasteiger partial charge on any atom is 0.276 e. The van der Waals surface area contributed by atoms with Crippen LogP contribution in [0.25, 0.3) is 0 Å². The Labute approximate surface area is 189 Å². The van der Waals surface area contributed by atoms with E-state index in [1.54, 1.807) is 28.5 Å². The molecule has 3 fully saturated rings. The molecule has 0 saturated carbocycles. The average molecular weight is 451 g/mol. The van der Waals surface area contributed by atoms with Gasteiger partial charge in [-0.15, -0.1) is 0 Å². The van der Waals surface area contributed by atoms with Gasteiger partial charge in [-0.05, 0) is 18.6 Å². The summed E-state index contributed by atoms with van der Waals surface area (Å²) < 4.78 is 7.02. The minimum absolute atomic E-state index is 0.143. The fourth-order valence-corrected chi connectivity index (χ4v) is 5.36. The molecular formula is C22H25N7O4. The van der Waals surface area contributed by atoms with Crippen molar-refractivity contribution < 1.29 is 14.3 Å². The summed E-state index contributed by atoms with van der Waals surface area (Å²) in [4.78, 5) is 49.1. The van der Waals surface area contributed by atoms with Gasteiger partial charge in [0.15, 0.2) is 0 Å². The standard InChI is InChI=1S/C22H25N7O4/c1-13-6-15(20(32)29-17(13)18(30)27-22(29)2-4-33-5-3-22)26-16-7-14(24-12-25-16)19(31)28-10-21(11-28)8-23-9-21/h6-7,12,23H,2-5,8-11H2,1H3,(H,27,30)(H,24,25,26). The van der Waals surface area contributed by atoms with Crippen LogP contribution in [0.2, 0.25) is 0 Å². The molecule has 172 valence electrons. The highest BCUT2D eigenvalue weighted by molar-refractivity contribution is 5.97. The summed E-state index contributed by atoms with van der Waals surface area (Å²) in [5, 5.41) is 9.32. The third kappa shape index (κ3) is 3.06. The molecule has 0 aromatic carbocycles.